The van der Waals surface area contributed by atoms with E-state index < -0.39 is 29.1 Å². The van der Waals surface area contributed by atoms with Crippen molar-refractivity contribution < 1.29 is 23.1 Å². The summed E-state index contributed by atoms with van der Waals surface area (Å²) in [6.45, 7) is 0.159. The number of hydrogen-bond acceptors (Lipinski definition) is 5. The molecule has 2 aromatic heterocycles. The summed E-state index contributed by atoms with van der Waals surface area (Å²) >= 11 is 0. The zero-order chi connectivity index (χ0) is 25.2. The fourth-order valence-electron chi connectivity index (χ4n) is 3.62. The first kappa shape index (κ1) is 22.7. The van der Waals surface area contributed by atoms with Gasteiger partial charge in [0.2, 0.25) is 0 Å². The molecule has 0 bridgehead atoms. The number of halogens is 2. The Morgan fingerprint density at radius 2 is 1.83 bits per heavy atom. The highest BCUT2D eigenvalue weighted by atomic mass is 19.1. The van der Waals surface area contributed by atoms with Crippen LogP contribution in [0.25, 0.3) is 5.69 Å². The van der Waals surface area contributed by atoms with E-state index in [0.29, 0.717) is 22.8 Å². The molecule has 0 unspecified atom stereocenters. The minimum atomic E-state index is -0.761. The number of benzene rings is 2. The van der Waals surface area contributed by atoms with E-state index in [1.54, 1.807) is 0 Å². The van der Waals surface area contributed by atoms with Crippen LogP contribution in [0.4, 0.5) is 25.1 Å². The minimum absolute atomic E-state index is 0.104. The maximum atomic E-state index is 14.8. The number of ether oxygens (including phenoxy) is 1. The number of pyridine rings is 2. The molecule has 3 heterocycles. The predicted octanol–water partition coefficient (Wildman–Crippen LogP) is 4.19. The SMILES string of the molecule is O=C1NCc2c(Oc3ccc(NC(=O)c4cccn(-c5ccc(F)cc5)c4=O)cc3F)ccnc2N1. The van der Waals surface area contributed by atoms with E-state index in [1.807, 2.05) is 0 Å². The standard InChI is InChI=1S/C25H17F2N5O4/c26-14-3-6-16(7-4-14)32-11-1-2-17(24(32)34)23(33)30-15-5-8-21(19(27)12-15)36-20-9-10-28-22-18(20)13-29-25(35)31-22/h1-12H,13H2,(H,30,33)(H2,28,29,31,35). The molecule has 36 heavy (non-hydrogen) atoms. The number of nitrogens with zero attached hydrogens (tertiary/aromatic N) is 2. The van der Waals surface area contributed by atoms with Crippen LogP contribution in [0.3, 0.4) is 0 Å². The molecule has 1 aliphatic heterocycles. The first-order valence-electron chi connectivity index (χ1n) is 10.7. The van der Waals surface area contributed by atoms with Crippen molar-refractivity contribution in [2.24, 2.45) is 0 Å². The van der Waals surface area contributed by atoms with Crippen molar-refractivity contribution in [2.45, 2.75) is 6.54 Å². The molecule has 2 aromatic carbocycles. The number of nitrogens with one attached hydrogen (secondary N) is 3. The van der Waals surface area contributed by atoms with Gasteiger partial charge in [-0.1, -0.05) is 0 Å². The van der Waals surface area contributed by atoms with Gasteiger partial charge in [-0.25, -0.2) is 18.6 Å². The second-order valence-corrected chi connectivity index (χ2v) is 7.72. The zero-order valence-electron chi connectivity index (χ0n) is 18.4. The topological polar surface area (TPSA) is 114 Å². The Bertz CT molecular complexity index is 1550. The lowest BCUT2D eigenvalue weighted by Gasteiger charge is -2.20. The largest absolute Gasteiger partial charge is 0.454 e. The third kappa shape index (κ3) is 4.49. The summed E-state index contributed by atoms with van der Waals surface area (Å²) in [5.41, 5.74) is 0.241. The molecular weight excluding hydrogens is 472 g/mol. The van der Waals surface area contributed by atoms with Gasteiger partial charge in [0.25, 0.3) is 11.5 Å². The van der Waals surface area contributed by atoms with Crippen LogP contribution in [0.2, 0.25) is 0 Å². The molecule has 180 valence electrons. The van der Waals surface area contributed by atoms with Crippen molar-refractivity contribution >= 4 is 23.4 Å². The van der Waals surface area contributed by atoms with E-state index in [4.69, 9.17) is 4.74 Å². The van der Waals surface area contributed by atoms with E-state index >= 15 is 0 Å². The summed E-state index contributed by atoms with van der Waals surface area (Å²) in [6, 6.07) is 13.0. The van der Waals surface area contributed by atoms with Crippen LogP contribution in [0.5, 0.6) is 11.5 Å². The molecule has 0 radical (unpaired) electrons. The zero-order valence-corrected chi connectivity index (χ0v) is 18.4. The Morgan fingerprint density at radius 3 is 2.61 bits per heavy atom. The fourth-order valence-corrected chi connectivity index (χ4v) is 3.62. The van der Waals surface area contributed by atoms with Gasteiger partial charge in [0.05, 0.1) is 12.1 Å². The Morgan fingerprint density at radius 1 is 1.03 bits per heavy atom. The van der Waals surface area contributed by atoms with E-state index in [1.165, 1.54) is 71.6 Å². The van der Waals surface area contributed by atoms with Crippen LogP contribution in [0.15, 0.2) is 77.9 Å². The van der Waals surface area contributed by atoms with Gasteiger partial charge >= 0.3 is 6.03 Å². The van der Waals surface area contributed by atoms with Gasteiger partial charge in [-0.05, 0) is 54.6 Å². The maximum Gasteiger partial charge on any atom is 0.320 e. The second kappa shape index (κ2) is 9.29. The van der Waals surface area contributed by atoms with Crippen LogP contribution in [0.1, 0.15) is 15.9 Å². The molecule has 0 atom stereocenters. The van der Waals surface area contributed by atoms with Gasteiger partial charge in [-0.2, -0.15) is 0 Å². The van der Waals surface area contributed by atoms with E-state index in [2.05, 4.69) is 20.9 Å². The van der Waals surface area contributed by atoms with Crippen LogP contribution in [-0.2, 0) is 6.54 Å². The molecule has 0 fully saturated rings. The Balaban J connectivity index is 1.35. The quantitative estimate of drug-likeness (QED) is 0.389. The highest BCUT2D eigenvalue weighted by Gasteiger charge is 2.20. The molecule has 0 aliphatic carbocycles. The van der Waals surface area contributed by atoms with Crippen molar-refractivity contribution in [3.8, 4) is 17.2 Å². The number of fused-ring (bicyclic) bond motifs is 1. The normalized spacial score (nSPS) is 12.2. The monoisotopic (exact) mass is 489 g/mol. The molecule has 1 aliphatic rings. The van der Waals surface area contributed by atoms with Gasteiger partial charge < -0.3 is 15.4 Å². The van der Waals surface area contributed by atoms with Crippen molar-refractivity contribution in [1.29, 1.82) is 0 Å². The van der Waals surface area contributed by atoms with E-state index in [0.717, 1.165) is 6.07 Å². The molecule has 9 nitrogen and oxygen atoms in total. The second-order valence-electron chi connectivity index (χ2n) is 7.72. The number of rotatable bonds is 5. The first-order valence-corrected chi connectivity index (χ1v) is 10.7. The summed E-state index contributed by atoms with van der Waals surface area (Å²) in [7, 11) is 0. The van der Waals surface area contributed by atoms with Crippen LogP contribution < -0.4 is 26.2 Å². The van der Waals surface area contributed by atoms with E-state index in [-0.39, 0.29) is 23.5 Å². The van der Waals surface area contributed by atoms with Crippen molar-refractivity contribution in [1.82, 2.24) is 14.9 Å². The Hall–Kier alpha value is -5.06. The molecular formula is C25H17F2N5O4. The number of aromatic nitrogens is 2. The summed E-state index contributed by atoms with van der Waals surface area (Å²) in [6.07, 6.45) is 2.88. The molecule has 0 saturated carbocycles. The summed E-state index contributed by atoms with van der Waals surface area (Å²) in [5.74, 6) is -1.46. The number of anilines is 2. The Labute approximate surface area is 202 Å². The van der Waals surface area contributed by atoms with Gasteiger partial charge in [0.15, 0.2) is 11.6 Å². The number of carbonyl (C=O) groups excluding carboxylic acids is 2. The molecule has 11 heteroatoms. The van der Waals surface area contributed by atoms with Crippen LogP contribution in [0, 0.1) is 11.6 Å². The fraction of sp³-hybridized carbons (Fsp3) is 0.0400. The molecule has 4 aromatic rings. The van der Waals surface area contributed by atoms with Gasteiger partial charge in [-0.15, -0.1) is 0 Å². The highest BCUT2D eigenvalue weighted by Crippen LogP contribution is 2.32. The summed E-state index contributed by atoms with van der Waals surface area (Å²) in [4.78, 5) is 41.1. The number of amides is 3. The van der Waals surface area contributed by atoms with Crippen molar-refractivity contribution in [3.63, 3.8) is 0 Å². The highest BCUT2D eigenvalue weighted by molar-refractivity contribution is 6.04. The summed E-state index contributed by atoms with van der Waals surface area (Å²) < 4.78 is 34.9. The lowest BCUT2D eigenvalue weighted by atomic mass is 10.2. The van der Waals surface area contributed by atoms with Crippen molar-refractivity contribution in [2.75, 3.05) is 10.6 Å². The van der Waals surface area contributed by atoms with Gasteiger partial charge in [-0.3, -0.25) is 19.5 Å². The van der Waals surface area contributed by atoms with E-state index in [9.17, 15) is 23.2 Å². The molecule has 3 N–H and O–H groups in total. The molecule has 5 rings (SSSR count). The lowest BCUT2D eigenvalue weighted by molar-refractivity contribution is 0.102. The number of hydrogen-bond donors (Lipinski definition) is 3. The predicted molar refractivity (Wildman–Crippen MR) is 127 cm³/mol. The molecule has 0 saturated heterocycles. The third-order valence-electron chi connectivity index (χ3n) is 5.38. The number of carbonyl (C=O) groups is 2. The molecule has 3 amide bonds. The lowest BCUT2D eigenvalue weighted by Crippen LogP contribution is -2.34. The number of urea groups is 1. The van der Waals surface area contributed by atoms with Crippen LogP contribution in [-0.4, -0.2) is 21.5 Å². The third-order valence-corrected chi connectivity index (χ3v) is 5.38. The van der Waals surface area contributed by atoms with Crippen molar-refractivity contribution in [3.05, 3.63) is 106 Å². The van der Waals surface area contributed by atoms with Gasteiger partial charge in [0.1, 0.15) is 22.9 Å². The Kier molecular flexibility index (Phi) is 5.87. The molecule has 0 spiro atoms. The average Bonchev–Trinajstić information content (AvgIpc) is 2.86. The van der Waals surface area contributed by atoms with Gasteiger partial charge in [0, 0.05) is 29.8 Å². The smallest absolute Gasteiger partial charge is 0.320 e. The van der Waals surface area contributed by atoms with Crippen LogP contribution >= 0.6 is 0 Å². The minimum Gasteiger partial charge on any atom is -0.454 e. The first-order chi connectivity index (χ1) is 17.4. The maximum absolute atomic E-state index is 14.8. The summed E-state index contributed by atoms with van der Waals surface area (Å²) in [5, 5.41) is 7.63. The average molecular weight is 489 g/mol.